The Morgan fingerprint density at radius 2 is 2.04 bits per heavy atom. The van der Waals surface area contributed by atoms with Crippen molar-refractivity contribution in [3.63, 3.8) is 0 Å². The fourth-order valence-corrected chi connectivity index (χ4v) is 3.34. The highest BCUT2D eigenvalue weighted by Gasteiger charge is 2.31. The van der Waals surface area contributed by atoms with Crippen LogP contribution in [0.1, 0.15) is 16.1 Å². The number of aliphatic carboxylic acids is 1. The first-order valence-corrected chi connectivity index (χ1v) is 8.51. The van der Waals surface area contributed by atoms with Crippen LogP contribution < -0.4 is 0 Å². The van der Waals surface area contributed by atoms with Crippen LogP contribution in [0.25, 0.3) is 0 Å². The number of benzene rings is 1. The topological polar surface area (TPSA) is 80.0 Å². The summed E-state index contributed by atoms with van der Waals surface area (Å²) in [5, 5.41) is 9.04. The SMILES string of the molecule is O=C(O)C1CN(C(=O)c2occc2CSc2ccccc2)CCO1. The number of carbonyl (C=O) groups excluding carboxylic acids is 1. The van der Waals surface area contributed by atoms with E-state index in [4.69, 9.17) is 14.3 Å². The van der Waals surface area contributed by atoms with E-state index in [-0.39, 0.29) is 24.8 Å². The minimum absolute atomic E-state index is 0.0279. The lowest BCUT2D eigenvalue weighted by Crippen LogP contribution is -2.48. The average molecular weight is 347 g/mol. The van der Waals surface area contributed by atoms with Gasteiger partial charge in [0, 0.05) is 22.8 Å². The lowest BCUT2D eigenvalue weighted by Gasteiger charge is -2.30. The summed E-state index contributed by atoms with van der Waals surface area (Å²) in [7, 11) is 0. The first kappa shape index (κ1) is 16.6. The summed E-state index contributed by atoms with van der Waals surface area (Å²) in [6.07, 6.45) is 0.503. The standard InChI is InChI=1S/C17H17NO5S/c19-16(18-7-9-22-14(10-18)17(20)21)15-12(6-8-23-15)11-24-13-4-2-1-3-5-13/h1-6,8,14H,7,9-11H2,(H,20,21). The van der Waals surface area contributed by atoms with Crippen molar-refractivity contribution < 1.29 is 23.8 Å². The number of amides is 1. The number of carbonyl (C=O) groups is 2. The molecule has 1 aromatic heterocycles. The van der Waals surface area contributed by atoms with Gasteiger partial charge in [-0.1, -0.05) is 18.2 Å². The largest absolute Gasteiger partial charge is 0.479 e. The maximum Gasteiger partial charge on any atom is 0.334 e. The van der Waals surface area contributed by atoms with Gasteiger partial charge < -0.3 is 19.2 Å². The fourth-order valence-electron chi connectivity index (χ4n) is 2.44. The van der Waals surface area contributed by atoms with Crippen molar-refractivity contribution in [1.82, 2.24) is 4.90 Å². The summed E-state index contributed by atoms with van der Waals surface area (Å²) in [4.78, 5) is 26.3. The first-order valence-electron chi connectivity index (χ1n) is 7.53. The van der Waals surface area contributed by atoms with E-state index in [2.05, 4.69) is 0 Å². The molecule has 1 saturated heterocycles. The number of furan rings is 1. The molecule has 1 N–H and O–H groups in total. The number of hydrogen-bond acceptors (Lipinski definition) is 5. The van der Waals surface area contributed by atoms with Crippen LogP contribution in [0.5, 0.6) is 0 Å². The van der Waals surface area contributed by atoms with E-state index in [1.165, 1.54) is 11.2 Å². The molecular formula is C17H17NO5S. The normalized spacial score (nSPS) is 17.7. The fraction of sp³-hybridized carbons (Fsp3) is 0.294. The number of nitrogens with zero attached hydrogens (tertiary/aromatic N) is 1. The van der Waals surface area contributed by atoms with E-state index in [0.717, 1.165) is 10.5 Å². The Balaban J connectivity index is 1.67. The Hall–Kier alpha value is -2.25. The molecule has 3 rings (SSSR count). The molecule has 0 spiro atoms. The molecule has 2 heterocycles. The monoisotopic (exact) mass is 347 g/mol. The van der Waals surface area contributed by atoms with Gasteiger partial charge >= 0.3 is 5.97 Å². The molecule has 1 unspecified atom stereocenters. The third-order valence-corrected chi connectivity index (χ3v) is 4.77. The molecule has 1 fully saturated rings. The van der Waals surface area contributed by atoms with Crippen molar-refractivity contribution >= 4 is 23.6 Å². The number of carboxylic acids is 1. The molecule has 1 aliphatic heterocycles. The molecule has 1 amide bonds. The number of ether oxygens (including phenoxy) is 1. The van der Waals surface area contributed by atoms with Gasteiger partial charge in [-0.2, -0.15) is 0 Å². The van der Waals surface area contributed by atoms with Crippen molar-refractivity contribution in [3.8, 4) is 0 Å². The van der Waals surface area contributed by atoms with E-state index in [1.807, 2.05) is 30.3 Å². The predicted molar refractivity (Wildman–Crippen MR) is 88.0 cm³/mol. The molecular weight excluding hydrogens is 330 g/mol. The van der Waals surface area contributed by atoms with E-state index in [0.29, 0.717) is 12.3 Å². The Kier molecular flexibility index (Phi) is 5.22. The van der Waals surface area contributed by atoms with Crippen molar-refractivity contribution in [2.75, 3.05) is 19.7 Å². The van der Waals surface area contributed by atoms with Gasteiger partial charge in [0.25, 0.3) is 5.91 Å². The van der Waals surface area contributed by atoms with Gasteiger partial charge in [0.2, 0.25) is 0 Å². The molecule has 0 bridgehead atoms. The highest BCUT2D eigenvalue weighted by Crippen LogP contribution is 2.26. The van der Waals surface area contributed by atoms with Crippen molar-refractivity contribution in [3.05, 3.63) is 54.0 Å². The van der Waals surface area contributed by atoms with E-state index < -0.39 is 12.1 Å². The van der Waals surface area contributed by atoms with Crippen LogP contribution >= 0.6 is 11.8 Å². The maximum atomic E-state index is 12.6. The Morgan fingerprint density at radius 3 is 2.79 bits per heavy atom. The van der Waals surface area contributed by atoms with Gasteiger partial charge in [0.1, 0.15) is 0 Å². The third kappa shape index (κ3) is 3.80. The van der Waals surface area contributed by atoms with E-state index >= 15 is 0 Å². The lowest BCUT2D eigenvalue weighted by atomic mass is 10.2. The second kappa shape index (κ2) is 7.55. The summed E-state index contributed by atoms with van der Waals surface area (Å²) in [5.74, 6) is -0.483. The average Bonchev–Trinajstić information content (AvgIpc) is 3.09. The van der Waals surface area contributed by atoms with Crippen LogP contribution in [0.15, 0.2) is 52.0 Å². The van der Waals surface area contributed by atoms with Crippen LogP contribution in [-0.4, -0.2) is 47.7 Å². The minimum atomic E-state index is -1.06. The van der Waals surface area contributed by atoms with Crippen LogP contribution in [-0.2, 0) is 15.3 Å². The molecule has 6 nitrogen and oxygen atoms in total. The second-order valence-electron chi connectivity index (χ2n) is 5.33. The second-order valence-corrected chi connectivity index (χ2v) is 6.37. The van der Waals surface area contributed by atoms with Crippen molar-refractivity contribution in [1.29, 1.82) is 0 Å². The number of hydrogen-bond donors (Lipinski definition) is 1. The van der Waals surface area contributed by atoms with Gasteiger partial charge in [-0.15, -0.1) is 11.8 Å². The third-order valence-electron chi connectivity index (χ3n) is 3.71. The predicted octanol–water partition coefficient (Wildman–Crippen LogP) is 2.50. The van der Waals surface area contributed by atoms with Crippen LogP contribution in [0.4, 0.5) is 0 Å². The Labute approximate surface area is 143 Å². The van der Waals surface area contributed by atoms with Gasteiger partial charge in [-0.3, -0.25) is 4.79 Å². The molecule has 2 aromatic rings. The molecule has 0 aliphatic carbocycles. The Bertz CT molecular complexity index is 715. The van der Waals surface area contributed by atoms with E-state index in [1.54, 1.807) is 17.8 Å². The van der Waals surface area contributed by atoms with Gasteiger partial charge in [-0.05, 0) is 18.2 Å². The molecule has 1 aliphatic rings. The highest BCUT2D eigenvalue weighted by molar-refractivity contribution is 7.98. The highest BCUT2D eigenvalue weighted by atomic mass is 32.2. The van der Waals surface area contributed by atoms with Crippen LogP contribution in [0.2, 0.25) is 0 Å². The molecule has 1 atom stereocenters. The summed E-state index contributed by atoms with van der Waals surface area (Å²) in [6, 6.07) is 11.7. The van der Waals surface area contributed by atoms with Crippen molar-refractivity contribution in [2.24, 2.45) is 0 Å². The molecule has 0 saturated carbocycles. The lowest BCUT2D eigenvalue weighted by molar-refractivity contribution is -0.154. The molecule has 126 valence electrons. The number of rotatable bonds is 5. The summed E-state index contributed by atoms with van der Waals surface area (Å²) < 4.78 is 10.5. The maximum absolute atomic E-state index is 12.6. The summed E-state index contributed by atoms with van der Waals surface area (Å²) in [6.45, 7) is 0.590. The number of carboxylic acid groups (broad SMARTS) is 1. The molecule has 1 aromatic carbocycles. The summed E-state index contributed by atoms with van der Waals surface area (Å²) in [5.41, 5.74) is 0.798. The smallest absolute Gasteiger partial charge is 0.334 e. The number of thioether (sulfide) groups is 1. The minimum Gasteiger partial charge on any atom is -0.479 e. The zero-order valence-electron chi connectivity index (χ0n) is 12.9. The number of morpholine rings is 1. The van der Waals surface area contributed by atoms with Gasteiger partial charge in [0.05, 0.1) is 19.4 Å². The van der Waals surface area contributed by atoms with Gasteiger partial charge in [-0.25, -0.2) is 4.79 Å². The van der Waals surface area contributed by atoms with E-state index in [9.17, 15) is 9.59 Å². The molecule has 0 radical (unpaired) electrons. The Morgan fingerprint density at radius 1 is 1.25 bits per heavy atom. The van der Waals surface area contributed by atoms with Crippen LogP contribution in [0.3, 0.4) is 0 Å². The zero-order chi connectivity index (χ0) is 16.9. The molecule has 24 heavy (non-hydrogen) atoms. The summed E-state index contributed by atoms with van der Waals surface area (Å²) >= 11 is 1.61. The zero-order valence-corrected chi connectivity index (χ0v) is 13.7. The van der Waals surface area contributed by atoms with Crippen molar-refractivity contribution in [2.45, 2.75) is 16.8 Å². The van der Waals surface area contributed by atoms with Gasteiger partial charge in [0.15, 0.2) is 11.9 Å². The quantitative estimate of drug-likeness (QED) is 0.837. The molecule has 7 heteroatoms. The van der Waals surface area contributed by atoms with Crippen LogP contribution in [0, 0.1) is 0 Å². The first-order chi connectivity index (χ1) is 11.6.